The Morgan fingerprint density at radius 2 is 1.68 bits per heavy atom. The molecule has 4 aliphatic rings. The number of hydrogen-bond acceptors (Lipinski definition) is 6. The summed E-state index contributed by atoms with van der Waals surface area (Å²) in [4.78, 5) is 12.2. The summed E-state index contributed by atoms with van der Waals surface area (Å²) >= 11 is 0. The van der Waals surface area contributed by atoms with Crippen molar-refractivity contribution in [2.75, 3.05) is 7.11 Å². The number of nitrogens with zero attached hydrogens (tertiary/aromatic N) is 1. The van der Waals surface area contributed by atoms with E-state index in [0.717, 1.165) is 32.8 Å². The minimum atomic E-state index is -0.762. The van der Waals surface area contributed by atoms with Crippen LogP contribution < -0.4 is 0 Å². The quantitative estimate of drug-likeness (QED) is 0.404. The van der Waals surface area contributed by atoms with Crippen LogP contribution in [-0.4, -0.2) is 51.3 Å². The minimum absolute atomic E-state index is 0.00920. The summed E-state index contributed by atoms with van der Waals surface area (Å²) < 4.78 is 0. The first-order valence-electron chi connectivity index (χ1n) is 10.5. The summed E-state index contributed by atoms with van der Waals surface area (Å²) in [7, 11) is 1.00. The first kappa shape index (κ1) is 21.5. The molecule has 0 bridgehead atoms. The van der Waals surface area contributed by atoms with Crippen molar-refractivity contribution in [3.05, 3.63) is 11.6 Å². The highest BCUT2D eigenvalue weighted by Gasteiger charge is 2.60. The summed E-state index contributed by atoms with van der Waals surface area (Å²) in [6, 6.07) is 0. The Bertz CT molecular complexity index is 688. The molecular formula is C22H35NO5. The van der Waals surface area contributed by atoms with E-state index in [2.05, 4.69) is 25.1 Å². The molecular weight excluding hydrogens is 358 g/mol. The van der Waals surface area contributed by atoms with E-state index in [1.54, 1.807) is 6.92 Å². The van der Waals surface area contributed by atoms with Crippen LogP contribution in [0.2, 0.25) is 0 Å². The molecule has 0 aliphatic heterocycles. The van der Waals surface area contributed by atoms with Crippen LogP contribution in [0, 0.1) is 34.5 Å². The molecule has 0 radical (unpaired) electrons. The standard InChI is InChI=1S/C21H31NO4.CH4O/c1-11(23)13-4-5-14-12-8-17(22-26)16-9-18(24)19(25)10-21(16,3)15(12)6-7-20(13,14)2;1-2/h8,13-16,18-19,24-26H,4-7,9-10H2,1-3H3;2H,1H3/b22-17+;. The van der Waals surface area contributed by atoms with Gasteiger partial charge < -0.3 is 20.5 Å². The lowest BCUT2D eigenvalue weighted by atomic mass is 9.47. The summed E-state index contributed by atoms with van der Waals surface area (Å²) in [5.41, 5.74) is 1.74. The fraction of sp³-hybridized carbons (Fsp3) is 0.818. The second kappa shape index (κ2) is 7.54. The highest BCUT2D eigenvalue weighted by atomic mass is 16.4. The van der Waals surface area contributed by atoms with Crippen molar-refractivity contribution >= 4 is 11.5 Å². The summed E-state index contributed by atoms with van der Waals surface area (Å²) in [6.07, 6.45) is 5.51. The van der Waals surface area contributed by atoms with E-state index < -0.39 is 12.2 Å². The van der Waals surface area contributed by atoms with Gasteiger partial charge in [0.1, 0.15) is 5.78 Å². The zero-order chi connectivity index (χ0) is 20.9. The van der Waals surface area contributed by atoms with Crippen molar-refractivity contribution in [3.63, 3.8) is 0 Å². The maximum absolute atomic E-state index is 12.2. The van der Waals surface area contributed by atoms with Gasteiger partial charge in [-0.1, -0.05) is 24.6 Å². The summed E-state index contributed by atoms with van der Waals surface area (Å²) in [6.45, 7) is 6.17. The molecule has 8 atom stereocenters. The fourth-order valence-corrected chi connectivity index (χ4v) is 7.19. The first-order chi connectivity index (χ1) is 13.2. The average Bonchev–Trinajstić information content (AvgIpc) is 3.02. The molecule has 8 unspecified atom stereocenters. The van der Waals surface area contributed by atoms with E-state index in [4.69, 9.17) is 5.11 Å². The second-order valence-corrected chi connectivity index (χ2v) is 9.69. The number of allylic oxidation sites excluding steroid dienone is 2. The lowest BCUT2D eigenvalue weighted by molar-refractivity contribution is -0.125. The third-order valence-corrected chi connectivity index (χ3v) is 8.55. The lowest BCUT2D eigenvalue weighted by Crippen LogP contribution is -2.56. The van der Waals surface area contributed by atoms with Crippen LogP contribution in [0.1, 0.15) is 59.3 Å². The number of carbonyl (C=O) groups is 1. The predicted octanol–water partition coefficient (Wildman–Crippen LogP) is 2.53. The molecule has 0 saturated heterocycles. The number of rotatable bonds is 1. The lowest BCUT2D eigenvalue weighted by Gasteiger charge is -2.57. The van der Waals surface area contributed by atoms with Gasteiger partial charge in [-0.05, 0) is 74.2 Å². The maximum Gasteiger partial charge on any atom is 0.133 e. The van der Waals surface area contributed by atoms with Gasteiger partial charge in [-0.25, -0.2) is 0 Å². The zero-order valence-electron chi connectivity index (χ0n) is 17.4. The van der Waals surface area contributed by atoms with E-state index in [1.807, 2.05) is 0 Å². The molecule has 6 heteroatoms. The van der Waals surface area contributed by atoms with E-state index in [-0.39, 0.29) is 22.7 Å². The highest BCUT2D eigenvalue weighted by Crippen LogP contribution is 2.65. The molecule has 0 amide bonds. The van der Waals surface area contributed by atoms with Gasteiger partial charge in [-0.15, -0.1) is 0 Å². The molecule has 4 rings (SSSR count). The molecule has 4 aliphatic carbocycles. The highest BCUT2D eigenvalue weighted by molar-refractivity contribution is 5.99. The third-order valence-electron chi connectivity index (χ3n) is 8.55. The number of Topliss-reactive ketones (excluding diaryl/α,β-unsaturated/α-hetero) is 1. The van der Waals surface area contributed by atoms with Gasteiger partial charge in [-0.2, -0.15) is 0 Å². The van der Waals surface area contributed by atoms with Crippen LogP contribution in [-0.2, 0) is 4.79 Å². The molecule has 158 valence electrons. The average molecular weight is 394 g/mol. The number of oxime groups is 1. The Morgan fingerprint density at radius 1 is 1.04 bits per heavy atom. The van der Waals surface area contributed by atoms with Crippen molar-refractivity contribution in [2.24, 2.45) is 39.7 Å². The third kappa shape index (κ3) is 2.96. The van der Waals surface area contributed by atoms with Crippen molar-refractivity contribution in [1.82, 2.24) is 0 Å². The van der Waals surface area contributed by atoms with Gasteiger partial charge in [0.25, 0.3) is 0 Å². The molecule has 0 aromatic rings. The van der Waals surface area contributed by atoms with E-state index in [9.17, 15) is 20.2 Å². The molecule has 4 N–H and O–H groups in total. The molecule has 6 nitrogen and oxygen atoms in total. The number of hydrogen-bond donors (Lipinski definition) is 4. The Labute approximate surface area is 167 Å². The smallest absolute Gasteiger partial charge is 0.133 e. The van der Waals surface area contributed by atoms with Crippen LogP contribution in [0.5, 0.6) is 0 Å². The Balaban J connectivity index is 0.00000109. The van der Waals surface area contributed by atoms with Crippen LogP contribution in [0.3, 0.4) is 0 Å². The number of carbonyl (C=O) groups excluding carboxylic acids is 1. The number of ketones is 1. The molecule has 3 saturated carbocycles. The van der Waals surface area contributed by atoms with Gasteiger partial charge in [0.05, 0.1) is 17.9 Å². The van der Waals surface area contributed by atoms with Crippen molar-refractivity contribution < 1.29 is 25.3 Å². The van der Waals surface area contributed by atoms with Crippen LogP contribution in [0.4, 0.5) is 0 Å². The fourth-order valence-electron chi connectivity index (χ4n) is 7.19. The van der Waals surface area contributed by atoms with Gasteiger partial charge in [0, 0.05) is 18.9 Å². The van der Waals surface area contributed by atoms with Gasteiger partial charge in [0.15, 0.2) is 0 Å². The second-order valence-electron chi connectivity index (χ2n) is 9.69. The van der Waals surface area contributed by atoms with E-state index in [0.29, 0.717) is 36.2 Å². The number of fused-ring (bicyclic) bond motifs is 5. The maximum atomic E-state index is 12.2. The SMILES string of the molecule is CC(=O)C1CCC2C3=C/C(=N\O)C4CC(O)C(O)CC4(C)C3CCC12C.CO. The predicted molar refractivity (Wildman–Crippen MR) is 106 cm³/mol. The van der Waals surface area contributed by atoms with Crippen LogP contribution in [0.15, 0.2) is 16.8 Å². The normalized spacial score (nSPS) is 48.5. The molecule has 0 aromatic heterocycles. The van der Waals surface area contributed by atoms with Crippen molar-refractivity contribution in [2.45, 2.75) is 71.5 Å². The van der Waals surface area contributed by atoms with Crippen LogP contribution in [0.25, 0.3) is 0 Å². The Kier molecular flexibility index (Phi) is 5.78. The molecule has 0 spiro atoms. The summed E-state index contributed by atoms with van der Waals surface area (Å²) in [5, 5.41) is 40.8. The van der Waals surface area contributed by atoms with Gasteiger partial charge in [-0.3, -0.25) is 4.79 Å². The molecule has 3 fully saturated rings. The Morgan fingerprint density at radius 3 is 2.29 bits per heavy atom. The largest absolute Gasteiger partial charge is 0.411 e. The van der Waals surface area contributed by atoms with Crippen molar-refractivity contribution in [3.8, 4) is 0 Å². The molecule has 0 heterocycles. The summed E-state index contributed by atoms with van der Waals surface area (Å²) in [5.74, 6) is 1.04. The van der Waals surface area contributed by atoms with E-state index >= 15 is 0 Å². The minimum Gasteiger partial charge on any atom is -0.411 e. The Hall–Kier alpha value is -1.24. The van der Waals surface area contributed by atoms with E-state index in [1.165, 1.54) is 5.57 Å². The van der Waals surface area contributed by atoms with Crippen molar-refractivity contribution in [1.29, 1.82) is 0 Å². The molecule has 0 aromatic carbocycles. The number of aliphatic hydroxyl groups excluding tert-OH is 3. The molecule has 28 heavy (non-hydrogen) atoms. The first-order valence-corrected chi connectivity index (χ1v) is 10.5. The van der Waals surface area contributed by atoms with Gasteiger partial charge >= 0.3 is 0 Å². The number of aliphatic hydroxyl groups is 3. The topological polar surface area (TPSA) is 110 Å². The van der Waals surface area contributed by atoms with Crippen LogP contribution >= 0.6 is 0 Å². The monoisotopic (exact) mass is 393 g/mol. The zero-order valence-corrected chi connectivity index (χ0v) is 17.4. The van der Waals surface area contributed by atoms with Gasteiger partial charge in [0.2, 0.25) is 0 Å².